The Kier molecular flexibility index (Phi) is 6.38. The third-order valence-electron chi connectivity index (χ3n) is 4.27. The van der Waals surface area contributed by atoms with Crippen molar-refractivity contribution in [1.29, 1.82) is 0 Å². The van der Waals surface area contributed by atoms with Crippen LogP contribution in [-0.2, 0) is 0 Å². The van der Waals surface area contributed by atoms with Crippen molar-refractivity contribution < 1.29 is 9.50 Å². The first kappa shape index (κ1) is 20.0. The quantitative estimate of drug-likeness (QED) is 0.632. The maximum absolute atomic E-state index is 13.4. The van der Waals surface area contributed by atoms with Crippen LogP contribution in [0.2, 0.25) is 5.02 Å². The van der Waals surface area contributed by atoms with E-state index in [0.29, 0.717) is 22.8 Å². The monoisotopic (exact) mass is 402 g/mol. The van der Waals surface area contributed by atoms with E-state index < -0.39 is 11.9 Å². The summed E-state index contributed by atoms with van der Waals surface area (Å²) in [4.78, 5) is 21.3. The van der Waals surface area contributed by atoms with Crippen molar-refractivity contribution in [3.63, 3.8) is 0 Å². The minimum absolute atomic E-state index is 0.0614. The summed E-state index contributed by atoms with van der Waals surface area (Å²) in [6.07, 6.45) is 4.15. The molecular formula is C20H20ClFN4O2. The molecule has 0 saturated heterocycles. The van der Waals surface area contributed by atoms with E-state index in [2.05, 4.69) is 15.3 Å². The van der Waals surface area contributed by atoms with Crippen molar-refractivity contribution in [3.8, 4) is 11.3 Å². The van der Waals surface area contributed by atoms with Crippen LogP contribution in [0.5, 0.6) is 0 Å². The molecule has 0 amide bonds. The molecule has 0 spiro atoms. The molecule has 0 fully saturated rings. The van der Waals surface area contributed by atoms with Crippen molar-refractivity contribution in [2.75, 3.05) is 18.5 Å². The molecule has 1 aromatic carbocycles. The van der Waals surface area contributed by atoms with Crippen molar-refractivity contribution in [2.45, 2.75) is 19.4 Å². The standard InChI is InChI=1S/C20H20ClFN4O2/c1-2-7-23-20-24-8-5-17(25-20)13-6-9-26(19(28)11-13)18(12-27)14-3-4-16(22)15(21)10-14/h3-6,8-11,18,27H,2,7,12H2,1H3,(H,23,24,25). The number of aliphatic hydroxyl groups excluding tert-OH is 1. The largest absolute Gasteiger partial charge is 0.394 e. The Hall–Kier alpha value is -2.77. The van der Waals surface area contributed by atoms with Crippen LogP contribution in [0.1, 0.15) is 24.9 Å². The predicted molar refractivity (Wildman–Crippen MR) is 107 cm³/mol. The topological polar surface area (TPSA) is 80.0 Å². The van der Waals surface area contributed by atoms with E-state index >= 15 is 0 Å². The number of nitrogens with one attached hydrogen (secondary N) is 1. The van der Waals surface area contributed by atoms with E-state index in [0.717, 1.165) is 13.0 Å². The highest BCUT2D eigenvalue weighted by molar-refractivity contribution is 6.30. The average Bonchev–Trinajstić information content (AvgIpc) is 2.71. The third-order valence-corrected chi connectivity index (χ3v) is 4.56. The molecule has 8 heteroatoms. The van der Waals surface area contributed by atoms with Gasteiger partial charge in [-0.15, -0.1) is 0 Å². The summed E-state index contributed by atoms with van der Waals surface area (Å²) in [5, 5.41) is 12.8. The first-order valence-corrected chi connectivity index (χ1v) is 9.26. The summed E-state index contributed by atoms with van der Waals surface area (Å²) in [6, 6.07) is 8.35. The SMILES string of the molecule is CCCNc1nccc(-c2ccn(C(CO)c3ccc(F)c(Cl)c3)c(=O)c2)n1. The molecular weight excluding hydrogens is 383 g/mol. The Morgan fingerprint density at radius 1 is 1.29 bits per heavy atom. The molecule has 3 aromatic rings. The van der Waals surface area contributed by atoms with Gasteiger partial charge in [-0.05, 0) is 36.2 Å². The number of nitrogens with zero attached hydrogens (tertiary/aromatic N) is 3. The van der Waals surface area contributed by atoms with E-state index in [4.69, 9.17) is 11.6 Å². The number of hydrogen-bond donors (Lipinski definition) is 2. The number of pyridine rings is 1. The summed E-state index contributed by atoms with van der Waals surface area (Å²) in [5.41, 5.74) is 1.47. The summed E-state index contributed by atoms with van der Waals surface area (Å²) >= 11 is 5.83. The minimum atomic E-state index is -0.674. The highest BCUT2D eigenvalue weighted by Crippen LogP contribution is 2.23. The lowest BCUT2D eigenvalue weighted by Crippen LogP contribution is -2.26. The molecule has 2 N–H and O–H groups in total. The van der Waals surface area contributed by atoms with Crippen LogP contribution in [-0.4, -0.2) is 32.8 Å². The van der Waals surface area contributed by atoms with E-state index in [1.54, 1.807) is 24.5 Å². The second-order valence-electron chi connectivity index (χ2n) is 6.23. The molecule has 0 saturated carbocycles. The van der Waals surface area contributed by atoms with Crippen molar-refractivity contribution in [2.24, 2.45) is 0 Å². The van der Waals surface area contributed by atoms with Gasteiger partial charge in [0.2, 0.25) is 5.95 Å². The lowest BCUT2D eigenvalue weighted by Gasteiger charge is -2.18. The molecule has 0 aliphatic carbocycles. The third kappa shape index (κ3) is 4.37. The lowest BCUT2D eigenvalue weighted by molar-refractivity contribution is 0.247. The number of aromatic nitrogens is 3. The number of hydrogen-bond acceptors (Lipinski definition) is 5. The van der Waals surface area contributed by atoms with Crippen LogP contribution in [0.15, 0.2) is 53.6 Å². The van der Waals surface area contributed by atoms with Gasteiger partial charge in [-0.25, -0.2) is 14.4 Å². The second kappa shape index (κ2) is 8.95. The van der Waals surface area contributed by atoms with Gasteiger partial charge in [0.05, 0.1) is 23.4 Å². The van der Waals surface area contributed by atoms with E-state index in [-0.39, 0.29) is 17.2 Å². The van der Waals surface area contributed by atoms with Gasteiger partial charge < -0.3 is 15.0 Å². The van der Waals surface area contributed by atoms with E-state index in [1.807, 2.05) is 6.92 Å². The van der Waals surface area contributed by atoms with Crippen LogP contribution in [0.4, 0.5) is 10.3 Å². The molecule has 0 aliphatic rings. The van der Waals surface area contributed by atoms with Crippen LogP contribution >= 0.6 is 11.6 Å². The molecule has 0 aliphatic heterocycles. The molecule has 3 rings (SSSR count). The summed E-state index contributed by atoms with van der Waals surface area (Å²) in [6.45, 7) is 2.46. The normalized spacial score (nSPS) is 12.0. The smallest absolute Gasteiger partial charge is 0.251 e. The highest BCUT2D eigenvalue weighted by Gasteiger charge is 2.16. The zero-order chi connectivity index (χ0) is 20.1. The molecule has 1 unspecified atom stereocenters. The number of anilines is 1. The Labute approximate surface area is 166 Å². The van der Waals surface area contributed by atoms with Gasteiger partial charge in [0.1, 0.15) is 5.82 Å². The fourth-order valence-electron chi connectivity index (χ4n) is 2.82. The van der Waals surface area contributed by atoms with Gasteiger partial charge in [0.25, 0.3) is 5.56 Å². The van der Waals surface area contributed by atoms with Gasteiger partial charge in [0.15, 0.2) is 0 Å². The van der Waals surface area contributed by atoms with Crippen LogP contribution in [0.3, 0.4) is 0 Å². The van der Waals surface area contributed by atoms with E-state index in [9.17, 15) is 14.3 Å². The van der Waals surface area contributed by atoms with Gasteiger partial charge in [-0.1, -0.05) is 24.6 Å². The van der Waals surface area contributed by atoms with Gasteiger partial charge in [-0.2, -0.15) is 0 Å². The average molecular weight is 403 g/mol. The zero-order valence-corrected chi connectivity index (χ0v) is 16.0. The number of benzene rings is 1. The fraction of sp³-hybridized carbons (Fsp3) is 0.250. The maximum atomic E-state index is 13.4. The zero-order valence-electron chi connectivity index (χ0n) is 15.3. The molecule has 2 heterocycles. The van der Waals surface area contributed by atoms with Crippen LogP contribution in [0.25, 0.3) is 11.3 Å². The number of aliphatic hydroxyl groups is 1. The fourth-order valence-corrected chi connectivity index (χ4v) is 3.01. The second-order valence-corrected chi connectivity index (χ2v) is 6.63. The summed E-state index contributed by atoms with van der Waals surface area (Å²) in [5.74, 6) is -0.0567. The highest BCUT2D eigenvalue weighted by atomic mass is 35.5. The first-order valence-electron chi connectivity index (χ1n) is 8.88. The first-order chi connectivity index (χ1) is 13.5. The number of halogens is 2. The van der Waals surface area contributed by atoms with Gasteiger partial charge >= 0.3 is 0 Å². The van der Waals surface area contributed by atoms with Crippen LogP contribution < -0.4 is 10.9 Å². The Balaban J connectivity index is 1.93. The minimum Gasteiger partial charge on any atom is -0.394 e. The van der Waals surface area contributed by atoms with Gasteiger partial charge in [-0.3, -0.25) is 4.79 Å². The van der Waals surface area contributed by atoms with E-state index in [1.165, 1.54) is 28.8 Å². The molecule has 6 nitrogen and oxygen atoms in total. The van der Waals surface area contributed by atoms with Crippen molar-refractivity contribution in [3.05, 3.63) is 75.5 Å². The molecule has 2 aromatic heterocycles. The summed E-state index contributed by atoms with van der Waals surface area (Å²) < 4.78 is 14.8. The Morgan fingerprint density at radius 3 is 2.79 bits per heavy atom. The Morgan fingerprint density at radius 2 is 2.11 bits per heavy atom. The van der Waals surface area contributed by atoms with Crippen molar-refractivity contribution >= 4 is 17.5 Å². The van der Waals surface area contributed by atoms with Crippen molar-refractivity contribution in [1.82, 2.24) is 14.5 Å². The molecule has 0 bridgehead atoms. The lowest BCUT2D eigenvalue weighted by atomic mass is 10.1. The Bertz CT molecular complexity index is 1030. The molecule has 28 heavy (non-hydrogen) atoms. The maximum Gasteiger partial charge on any atom is 0.251 e. The number of rotatable bonds is 7. The predicted octanol–water partition coefficient (Wildman–Crippen LogP) is 3.50. The van der Waals surface area contributed by atoms with Crippen LogP contribution in [0, 0.1) is 5.82 Å². The molecule has 1 atom stereocenters. The summed E-state index contributed by atoms with van der Waals surface area (Å²) in [7, 11) is 0. The molecule has 146 valence electrons. The van der Waals surface area contributed by atoms with Gasteiger partial charge in [0, 0.05) is 30.6 Å². The molecule has 0 radical (unpaired) electrons.